The quantitative estimate of drug-likeness (QED) is 0.343. The van der Waals surface area contributed by atoms with Crippen LogP contribution in [0.1, 0.15) is 34.9 Å². The average molecular weight is 595 g/mol. The lowest BCUT2D eigenvalue weighted by Crippen LogP contribution is -2.38. The number of carbonyl (C=O) groups excluding carboxylic acids is 2. The number of aromatic nitrogens is 2. The number of nitrogens with one attached hydrogen (secondary N) is 1. The first kappa shape index (κ1) is 27.7. The molecule has 0 saturated heterocycles. The smallest absolute Gasteiger partial charge is 0.234 e. The van der Waals surface area contributed by atoms with Crippen molar-refractivity contribution in [3.63, 3.8) is 0 Å². The standard InChI is InChI=1S/C27H26N6O4S3/c1-14-7-10-21(39-14)23-16(12-28)25(29)33(17-5-4-6-18(34)24(17)23)26-31-32-27(40-26)38-13-22(35)30-15-8-9-19(36-2)20(11-15)37-3/h7-11,23H,4-6,13,29H2,1-3H3,(H,30,35). The highest BCUT2D eigenvalue weighted by atomic mass is 32.2. The highest BCUT2D eigenvalue weighted by molar-refractivity contribution is 8.01. The number of benzene rings is 1. The number of hydrogen-bond acceptors (Lipinski definition) is 12. The van der Waals surface area contributed by atoms with Gasteiger partial charge in [-0.3, -0.25) is 14.5 Å². The Bertz CT molecular complexity index is 1580. The Balaban J connectivity index is 1.37. The first-order valence-electron chi connectivity index (χ1n) is 12.3. The van der Waals surface area contributed by atoms with Gasteiger partial charge in [0.15, 0.2) is 21.6 Å². The number of allylic oxidation sites excluding steroid dienone is 3. The number of Topliss-reactive ketones (excluding diaryl/α,β-unsaturated/α-hetero) is 1. The fourth-order valence-electron chi connectivity index (χ4n) is 4.79. The van der Waals surface area contributed by atoms with Crippen molar-refractivity contribution in [1.82, 2.24) is 10.2 Å². The number of anilines is 2. The predicted octanol–water partition coefficient (Wildman–Crippen LogP) is 4.96. The Kier molecular flexibility index (Phi) is 8.11. The summed E-state index contributed by atoms with van der Waals surface area (Å²) in [7, 11) is 3.07. The fraction of sp³-hybridized carbons (Fsp3) is 0.296. The van der Waals surface area contributed by atoms with Gasteiger partial charge in [-0.05, 0) is 44.0 Å². The summed E-state index contributed by atoms with van der Waals surface area (Å²) in [6.45, 7) is 1.99. The second-order valence-corrected chi connectivity index (χ2v) is 12.5. The Morgan fingerprint density at radius 3 is 2.70 bits per heavy atom. The molecular weight excluding hydrogens is 569 g/mol. The van der Waals surface area contributed by atoms with Gasteiger partial charge in [0.25, 0.3) is 0 Å². The largest absolute Gasteiger partial charge is 0.493 e. The second kappa shape index (κ2) is 11.7. The SMILES string of the molecule is COc1ccc(NC(=O)CSc2nnc(N3C(N)=C(C#N)C(c4ccc(C)s4)C4=C3CCCC4=O)s2)cc1OC. The van der Waals surface area contributed by atoms with E-state index in [1.807, 2.05) is 19.1 Å². The van der Waals surface area contributed by atoms with Crippen molar-refractivity contribution in [3.05, 3.63) is 62.8 Å². The van der Waals surface area contributed by atoms with Crippen molar-refractivity contribution in [2.24, 2.45) is 5.73 Å². The van der Waals surface area contributed by atoms with Crippen molar-refractivity contribution in [3.8, 4) is 17.6 Å². The lowest BCUT2D eigenvalue weighted by Gasteiger charge is -2.37. The number of carbonyl (C=O) groups is 2. The topological polar surface area (TPSA) is 143 Å². The molecule has 3 N–H and O–H groups in total. The molecule has 1 aliphatic heterocycles. The van der Waals surface area contributed by atoms with Crippen molar-refractivity contribution >= 4 is 56.9 Å². The molecule has 0 radical (unpaired) electrons. The van der Waals surface area contributed by atoms with Gasteiger partial charge in [-0.1, -0.05) is 23.1 Å². The molecule has 2 aromatic heterocycles. The van der Waals surface area contributed by atoms with Gasteiger partial charge in [0.05, 0.1) is 37.5 Å². The summed E-state index contributed by atoms with van der Waals surface area (Å²) in [6, 6.07) is 11.3. The molecule has 13 heteroatoms. The molecule has 0 bridgehead atoms. The number of nitrogens with two attached hydrogens (primary N) is 1. The van der Waals surface area contributed by atoms with Crippen LogP contribution >= 0.6 is 34.4 Å². The molecule has 1 unspecified atom stereocenters. The number of nitriles is 1. The third-order valence-corrected chi connectivity index (χ3v) is 9.65. The highest BCUT2D eigenvalue weighted by Gasteiger charge is 2.41. The number of ketones is 1. The Hall–Kier alpha value is -3.86. The molecule has 10 nitrogen and oxygen atoms in total. The molecule has 2 aliphatic rings. The van der Waals surface area contributed by atoms with Gasteiger partial charge in [-0.15, -0.1) is 21.5 Å². The average Bonchev–Trinajstić information content (AvgIpc) is 3.60. The minimum Gasteiger partial charge on any atom is -0.493 e. The molecule has 5 rings (SSSR count). The number of thioether (sulfide) groups is 1. The number of aryl methyl sites for hydroxylation is 1. The Morgan fingerprint density at radius 1 is 1.20 bits per heavy atom. The molecule has 206 valence electrons. The van der Waals surface area contributed by atoms with Gasteiger partial charge >= 0.3 is 0 Å². The van der Waals surface area contributed by atoms with Crippen LogP contribution in [0.4, 0.5) is 10.8 Å². The molecular formula is C27H26N6O4S3. The number of amides is 1. The molecule has 0 saturated carbocycles. The molecule has 3 heterocycles. The second-order valence-electron chi connectivity index (χ2n) is 9.02. The van der Waals surface area contributed by atoms with Crippen molar-refractivity contribution in [2.45, 2.75) is 36.4 Å². The fourth-order valence-corrected chi connectivity index (χ4v) is 7.47. The summed E-state index contributed by atoms with van der Waals surface area (Å²) in [5, 5.41) is 22.0. The normalized spacial score (nSPS) is 17.0. The van der Waals surface area contributed by atoms with Crippen molar-refractivity contribution in [1.29, 1.82) is 5.26 Å². The summed E-state index contributed by atoms with van der Waals surface area (Å²) in [6.07, 6.45) is 1.76. The van der Waals surface area contributed by atoms with Crippen LogP contribution in [-0.4, -0.2) is 41.9 Å². The first-order chi connectivity index (χ1) is 19.3. The molecule has 40 heavy (non-hydrogen) atoms. The van der Waals surface area contributed by atoms with Crippen LogP contribution in [0.5, 0.6) is 11.5 Å². The number of ether oxygens (including phenoxy) is 2. The molecule has 0 spiro atoms. The van der Waals surface area contributed by atoms with Crippen LogP contribution < -0.4 is 25.4 Å². The van der Waals surface area contributed by atoms with Crippen LogP contribution in [0.3, 0.4) is 0 Å². The summed E-state index contributed by atoms with van der Waals surface area (Å²) in [5.41, 5.74) is 8.89. The van der Waals surface area contributed by atoms with E-state index in [1.165, 1.54) is 30.2 Å². The lowest BCUT2D eigenvalue weighted by molar-refractivity contribution is -0.116. The zero-order valence-corrected chi connectivity index (χ0v) is 24.5. The Labute approximate surface area is 243 Å². The van der Waals surface area contributed by atoms with E-state index in [9.17, 15) is 14.9 Å². The Morgan fingerprint density at radius 2 is 2.00 bits per heavy atom. The van der Waals surface area contributed by atoms with E-state index < -0.39 is 5.92 Å². The maximum Gasteiger partial charge on any atom is 0.234 e. The van der Waals surface area contributed by atoms with Crippen LogP contribution in [0.15, 0.2) is 57.3 Å². The van der Waals surface area contributed by atoms with Crippen molar-refractivity contribution in [2.75, 3.05) is 30.2 Å². The van der Waals surface area contributed by atoms with Gasteiger partial charge in [-0.2, -0.15) is 5.26 Å². The van der Waals surface area contributed by atoms with E-state index in [1.54, 1.807) is 41.5 Å². The molecule has 1 aliphatic carbocycles. The number of hydrogen-bond donors (Lipinski definition) is 2. The molecule has 0 fully saturated rings. The number of rotatable bonds is 8. The van der Waals surface area contributed by atoms with E-state index >= 15 is 0 Å². The zero-order chi connectivity index (χ0) is 28.4. The number of methoxy groups -OCH3 is 2. The monoisotopic (exact) mass is 594 g/mol. The zero-order valence-electron chi connectivity index (χ0n) is 22.0. The summed E-state index contributed by atoms with van der Waals surface area (Å²) >= 11 is 4.05. The number of nitrogens with zero attached hydrogens (tertiary/aromatic N) is 4. The molecule has 1 amide bonds. The molecule has 1 atom stereocenters. The first-order valence-corrected chi connectivity index (χ1v) is 15.0. The summed E-state index contributed by atoms with van der Waals surface area (Å²) < 4.78 is 11.1. The van der Waals surface area contributed by atoms with Crippen LogP contribution in [0.25, 0.3) is 0 Å². The maximum absolute atomic E-state index is 13.2. The maximum atomic E-state index is 13.2. The summed E-state index contributed by atoms with van der Waals surface area (Å²) in [4.78, 5) is 29.6. The van der Waals surface area contributed by atoms with Crippen molar-refractivity contribution < 1.29 is 19.1 Å². The van der Waals surface area contributed by atoms with E-state index in [4.69, 9.17) is 15.2 Å². The lowest BCUT2D eigenvalue weighted by atomic mass is 9.78. The van der Waals surface area contributed by atoms with Gasteiger partial charge < -0.3 is 20.5 Å². The third kappa shape index (κ3) is 5.30. The number of thiophene rings is 1. The van der Waals surface area contributed by atoms with Gasteiger partial charge in [-0.25, -0.2) is 0 Å². The summed E-state index contributed by atoms with van der Waals surface area (Å²) in [5.74, 6) is 0.747. The third-order valence-electron chi connectivity index (χ3n) is 6.54. The molecule has 3 aromatic rings. The van der Waals surface area contributed by atoms with Crippen LogP contribution in [-0.2, 0) is 9.59 Å². The van der Waals surface area contributed by atoms with Gasteiger partial charge in [0.2, 0.25) is 11.0 Å². The highest BCUT2D eigenvalue weighted by Crippen LogP contribution is 2.48. The van der Waals surface area contributed by atoms with E-state index in [0.717, 1.165) is 15.5 Å². The predicted molar refractivity (Wildman–Crippen MR) is 156 cm³/mol. The van der Waals surface area contributed by atoms with E-state index in [2.05, 4.69) is 21.6 Å². The van der Waals surface area contributed by atoms with E-state index in [0.29, 0.717) is 57.1 Å². The minimum atomic E-state index is -0.482. The minimum absolute atomic E-state index is 0.0218. The van der Waals surface area contributed by atoms with Crippen LogP contribution in [0, 0.1) is 18.3 Å². The van der Waals surface area contributed by atoms with Gasteiger partial charge in [0, 0.05) is 39.2 Å². The van der Waals surface area contributed by atoms with Gasteiger partial charge in [0.1, 0.15) is 5.82 Å². The van der Waals surface area contributed by atoms with Crippen LogP contribution in [0.2, 0.25) is 0 Å². The molecule has 1 aromatic carbocycles. The van der Waals surface area contributed by atoms with E-state index in [-0.39, 0.29) is 23.3 Å².